The van der Waals surface area contributed by atoms with E-state index < -0.39 is 22.4 Å². The summed E-state index contributed by atoms with van der Waals surface area (Å²) in [6, 6.07) is 26.2. The summed E-state index contributed by atoms with van der Waals surface area (Å²) in [5, 5.41) is 0. The fourth-order valence-corrected chi connectivity index (χ4v) is 15.1. The molecule has 12 rings (SSSR count). The minimum absolute atomic E-state index is 0.180. The second-order valence-corrected chi connectivity index (χ2v) is 31.2. The van der Waals surface area contributed by atoms with Crippen LogP contribution in [0.15, 0.2) is 97.1 Å². The van der Waals surface area contributed by atoms with Gasteiger partial charge in [-0.2, -0.15) is 0 Å². The van der Waals surface area contributed by atoms with Crippen molar-refractivity contribution >= 4 is 24.4 Å². The predicted octanol–water partition coefficient (Wildman–Crippen LogP) is 17.5. The lowest BCUT2D eigenvalue weighted by molar-refractivity contribution is -0.00692. The first-order chi connectivity index (χ1) is 45.3. The van der Waals surface area contributed by atoms with Gasteiger partial charge in [-0.25, -0.2) is 36.7 Å². The number of piperidine rings is 4. The van der Waals surface area contributed by atoms with Gasteiger partial charge < -0.3 is 57.5 Å². The zero-order valence-electron chi connectivity index (χ0n) is 58.5. The Labute approximate surface area is 566 Å². The van der Waals surface area contributed by atoms with Gasteiger partial charge in [0, 0.05) is 72.0 Å². The van der Waals surface area contributed by atoms with Gasteiger partial charge in [-0.1, -0.05) is 0 Å². The molecule has 4 aromatic carbocycles. The van der Waals surface area contributed by atoms with Gasteiger partial charge in [0.1, 0.15) is 68.7 Å². The van der Waals surface area contributed by atoms with Crippen molar-refractivity contribution in [2.75, 3.05) is 26.4 Å². The van der Waals surface area contributed by atoms with E-state index in [1.807, 2.05) is 103 Å². The number of ether oxygens (including phenoxy) is 8. The highest BCUT2D eigenvalue weighted by atomic mass is 19.1. The second kappa shape index (κ2) is 31.6. The molecule has 8 aliphatic rings. The van der Waals surface area contributed by atoms with Crippen molar-refractivity contribution in [2.24, 2.45) is 23.7 Å². The van der Waals surface area contributed by atoms with E-state index in [-0.39, 0.29) is 71.8 Å². The number of nitrogens with zero attached hydrogens (tertiary/aromatic N) is 4. The molecule has 0 N–H and O–H groups in total. The van der Waals surface area contributed by atoms with Gasteiger partial charge in [0.25, 0.3) is 0 Å². The Hall–Kier alpha value is -7.12. The van der Waals surface area contributed by atoms with Crippen LogP contribution in [0.1, 0.15) is 186 Å². The Morgan fingerprint density at radius 3 is 0.625 bits per heavy atom. The Bertz CT molecular complexity index is 2750. The third-order valence-corrected chi connectivity index (χ3v) is 19.4. The topological polar surface area (TPSA) is 155 Å². The van der Waals surface area contributed by atoms with Gasteiger partial charge >= 0.3 is 24.4 Å². The van der Waals surface area contributed by atoms with Crippen LogP contribution in [0, 0.1) is 46.9 Å². The number of carbonyl (C=O) groups excluding carboxylic acids is 4. The molecular weight excluding hydrogens is 1240 g/mol. The quantitative estimate of drug-likeness (QED) is 0.0979. The molecule has 0 aromatic heterocycles. The van der Waals surface area contributed by atoms with E-state index in [2.05, 4.69) is 0 Å². The monoisotopic (exact) mass is 1340 g/mol. The van der Waals surface area contributed by atoms with Crippen LogP contribution in [-0.2, 0) is 18.9 Å². The Morgan fingerprint density at radius 1 is 0.292 bits per heavy atom. The number of fused-ring (bicyclic) bond motifs is 8. The minimum Gasteiger partial charge on any atom is -0.493 e. The van der Waals surface area contributed by atoms with E-state index in [4.69, 9.17) is 37.9 Å². The number of rotatable bonds is 12. The first-order valence-electron chi connectivity index (χ1n) is 34.9. The summed E-state index contributed by atoms with van der Waals surface area (Å²) in [5.41, 5.74) is -1.91. The highest BCUT2D eigenvalue weighted by molar-refractivity contribution is 5.71. The molecule has 0 radical (unpaired) electrons. The van der Waals surface area contributed by atoms with Gasteiger partial charge in [0.2, 0.25) is 0 Å². The third kappa shape index (κ3) is 20.5. The summed E-state index contributed by atoms with van der Waals surface area (Å²) in [6.07, 6.45) is 15.5. The molecule has 0 aliphatic carbocycles. The van der Waals surface area contributed by atoms with Crippen molar-refractivity contribution in [2.45, 2.75) is 257 Å². The summed E-state index contributed by atoms with van der Waals surface area (Å²) in [7, 11) is 0. The number of hydrogen-bond donors (Lipinski definition) is 0. The van der Waals surface area contributed by atoms with Crippen LogP contribution in [0.25, 0.3) is 0 Å². The molecule has 8 aliphatic heterocycles. The lowest BCUT2D eigenvalue weighted by Crippen LogP contribution is -2.51. The average molecular weight is 1340 g/mol. The van der Waals surface area contributed by atoms with Gasteiger partial charge in [0.15, 0.2) is 0 Å². The molecule has 20 heteroatoms. The minimum atomic E-state index is -0.478. The summed E-state index contributed by atoms with van der Waals surface area (Å²) in [5.74, 6) is 2.76. The summed E-state index contributed by atoms with van der Waals surface area (Å²) >= 11 is 0. The number of hydrogen-bond acceptors (Lipinski definition) is 12. The lowest BCUT2D eigenvalue weighted by Gasteiger charge is -2.40. The van der Waals surface area contributed by atoms with Crippen molar-refractivity contribution in [3.8, 4) is 23.0 Å². The predicted molar refractivity (Wildman–Crippen MR) is 358 cm³/mol. The van der Waals surface area contributed by atoms with Crippen LogP contribution in [0.4, 0.5) is 36.7 Å². The third-order valence-electron chi connectivity index (χ3n) is 19.4. The maximum absolute atomic E-state index is 13.0. The summed E-state index contributed by atoms with van der Waals surface area (Å²) in [6.45, 7) is 24.9. The van der Waals surface area contributed by atoms with E-state index in [1.54, 1.807) is 48.5 Å². The van der Waals surface area contributed by atoms with Crippen molar-refractivity contribution < 1.29 is 74.6 Å². The Kier molecular flexibility index (Phi) is 24.1. The molecule has 96 heavy (non-hydrogen) atoms. The first kappa shape index (κ1) is 73.1. The fourth-order valence-electron chi connectivity index (χ4n) is 15.1. The maximum atomic E-state index is 13.0. The van der Waals surface area contributed by atoms with Crippen LogP contribution < -0.4 is 18.9 Å². The summed E-state index contributed by atoms with van der Waals surface area (Å²) < 4.78 is 97.5. The van der Waals surface area contributed by atoms with Gasteiger partial charge in [-0.3, -0.25) is 0 Å². The zero-order valence-corrected chi connectivity index (χ0v) is 58.5. The molecule has 12 atom stereocenters. The second-order valence-electron chi connectivity index (χ2n) is 31.2. The van der Waals surface area contributed by atoms with Gasteiger partial charge in [-0.15, -0.1) is 0 Å². The Balaban J connectivity index is 0.000000150. The molecule has 0 saturated carbocycles. The molecule has 4 amide bonds. The van der Waals surface area contributed by atoms with Gasteiger partial charge in [0.05, 0.1) is 26.4 Å². The van der Waals surface area contributed by atoms with Crippen LogP contribution in [0.2, 0.25) is 0 Å². The van der Waals surface area contributed by atoms with Crippen molar-refractivity contribution in [1.29, 1.82) is 0 Å². The van der Waals surface area contributed by atoms with E-state index >= 15 is 0 Å². The number of amides is 4. The van der Waals surface area contributed by atoms with E-state index in [1.165, 1.54) is 48.5 Å². The molecule has 8 bridgehead atoms. The van der Waals surface area contributed by atoms with Crippen LogP contribution in [-0.4, -0.2) is 141 Å². The number of benzene rings is 4. The smallest absolute Gasteiger partial charge is 0.410 e. The standard InChI is InChI=1S/4C19H26FNO3/c4*1-19(2,3)24-18(22)21-15-7-4-13(17(21)11-8-15)12-23-16-9-5-14(20)6-10-16/h4*5-6,9-10,13,15,17H,4,7-8,11-12H2,1-3H3/t13-,15?,17+;13-,15?,17-;13-,15+,17?;13-,15-,17?/m1001/s1. The molecule has 528 valence electrons. The molecule has 8 heterocycles. The average Bonchev–Trinajstić information content (AvgIpc) is 1.65. The molecule has 16 nitrogen and oxygen atoms in total. The SMILES string of the molecule is CC(C)(C)OC(=O)N1C2CC[C@@H](COc3ccc(F)cc3)[C@@H]1CC2.CC(C)(C)OC(=O)N1C2CC[C@H](COc3ccc(F)cc3)[C@@H]1CC2.CC(C)(C)OC(=O)N1C2CC[C@H]1CC[C@@H]2COc1ccc(F)cc1.CC(C)(C)OC(=O)N1C2CC[C@H]1CC[C@H]2COc1ccc(F)cc1. The van der Waals surface area contributed by atoms with Crippen LogP contribution in [0.5, 0.6) is 23.0 Å². The van der Waals surface area contributed by atoms with Crippen molar-refractivity contribution in [1.82, 2.24) is 19.6 Å². The Morgan fingerprint density at radius 2 is 0.458 bits per heavy atom. The first-order valence-corrected chi connectivity index (χ1v) is 34.9. The van der Waals surface area contributed by atoms with E-state index in [0.717, 1.165) is 103 Å². The largest absolute Gasteiger partial charge is 0.493 e. The number of halogens is 4. The molecule has 8 fully saturated rings. The van der Waals surface area contributed by atoms with Crippen LogP contribution in [0.3, 0.4) is 0 Å². The highest BCUT2D eigenvalue weighted by Gasteiger charge is 2.50. The van der Waals surface area contributed by atoms with Crippen LogP contribution >= 0.6 is 0 Å². The summed E-state index contributed by atoms with van der Waals surface area (Å²) in [4.78, 5) is 58.0. The molecule has 4 aromatic rings. The van der Waals surface area contributed by atoms with E-state index in [0.29, 0.717) is 97.3 Å². The number of carbonyl (C=O) groups is 4. The zero-order chi connectivity index (χ0) is 69.3. The molecule has 0 spiro atoms. The molecular formula is C76H104F4N4O12. The highest BCUT2D eigenvalue weighted by Crippen LogP contribution is 2.45. The fraction of sp³-hybridized carbons (Fsp3) is 0.632. The lowest BCUT2D eigenvalue weighted by atomic mass is 9.91. The molecule has 8 saturated heterocycles. The molecule has 4 unspecified atom stereocenters. The van der Waals surface area contributed by atoms with Crippen molar-refractivity contribution in [3.05, 3.63) is 120 Å². The normalized spacial score (nSPS) is 26.3. The van der Waals surface area contributed by atoms with E-state index in [9.17, 15) is 36.7 Å². The van der Waals surface area contributed by atoms with Crippen molar-refractivity contribution in [3.63, 3.8) is 0 Å². The van der Waals surface area contributed by atoms with Gasteiger partial charge in [-0.05, 0) is 283 Å². The maximum Gasteiger partial charge on any atom is 0.410 e.